The third-order valence-electron chi connectivity index (χ3n) is 5.75. The van der Waals surface area contributed by atoms with Crippen LogP contribution in [0.25, 0.3) is 0 Å². The Kier molecular flexibility index (Phi) is 5.00. The van der Waals surface area contributed by atoms with Gasteiger partial charge >= 0.3 is 6.03 Å². The zero-order valence-electron chi connectivity index (χ0n) is 16.7. The first-order valence-corrected chi connectivity index (χ1v) is 9.91. The Labute approximate surface area is 174 Å². The van der Waals surface area contributed by atoms with Crippen LogP contribution < -0.4 is 5.32 Å². The lowest BCUT2D eigenvalue weighted by atomic mass is 9.88. The van der Waals surface area contributed by atoms with Gasteiger partial charge in [0.1, 0.15) is 5.54 Å². The van der Waals surface area contributed by atoms with E-state index in [1.54, 1.807) is 29.2 Å². The van der Waals surface area contributed by atoms with E-state index in [1.807, 2.05) is 37.3 Å². The number of urea groups is 1. The Balaban J connectivity index is 1.51. The van der Waals surface area contributed by atoms with E-state index in [9.17, 15) is 14.4 Å². The number of imide groups is 1. The maximum Gasteiger partial charge on any atom is 0.325 e. The number of nitrogens with zero attached hydrogens (tertiary/aromatic N) is 3. The number of benzene rings is 2. The van der Waals surface area contributed by atoms with Gasteiger partial charge in [-0.2, -0.15) is 5.26 Å². The zero-order valence-corrected chi connectivity index (χ0v) is 16.7. The fourth-order valence-corrected chi connectivity index (χ4v) is 4.07. The Hall–Kier alpha value is -3.66. The molecule has 7 nitrogen and oxygen atoms in total. The van der Waals surface area contributed by atoms with Crippen molar-refractivity contribution in [1.29, 1.82) is 5.26 Å². The van der Waals surface area contributed by atoms with Gasteiger partial charge in [0.2, 0.25) is 0 Å². The van der Waals surface area contributed by atoms with Crippen molar-refractivity contribution in [3.63, 3.8) is 0 Å². The summed E-state index contributed by atoms with van der Waals surface area (Å²) in [5.41, 5.74) is 1.84. The smallest absolute Gasteiger partial charge is 0.325 e. The van der Waals surface area contributed by atoms with E-state index in [4.69, 9.17) is 5.26 Å². The highest BCUT2D eigenvalue weighted by molar-refractivity contribution is 6.07. The molecule has 1 spiro atoms. The van der Waals surface area contributed by atoms with Gasteiger partial charge in [-0.05, 0) is 49.6 Å². The van der Waals surface area contributed by atoms with Crippen molar-refractivity contribution in [3.8, 4) is 6.07 Å². The minimum absolute atomic E-state index is 0.140. The van der Waals surface area contributed by atoms with E-state index in [-0.39, 0.29) is 24.9 Å². The number of aryl methyl sites for hydroxylation is 1. The summed E-state index contributed by atoms with van der Waals surface area (Å²) in [5, 5.41) is 11.8. The molecule has 2 aromatic carbocycles. The van der Waals surface area contributed by atoms with Gasteiger partial charge in [0.25, 0.3) is 11.8 Å². The molecule has 4 amide bonds. The molecule has 0 unspecified atom stereocenters. The quantitative estimate of drug-likeness (QED) is 0.799. The average Bonchev–Trinajstić information content (AvgIpc) is 2.98. The SMILES string of the molecule is Cc1ccc(CN2C(=O)N[C@@]3(CCCN(C(=O)c4ccc(C#N)cc4)C3)C2=O)cc1. The van der Waals surface area contributed by atoms with Crippen molar-refractivity contribution in [3.05, 3.63) is 70.8 Å². The van der Waals surface area contributed by atoms with Crippen molar-refractivity contribution in [2.75, 3.05) is 13.1 Å². The molecule has 2 aliphatic heterocycles. The highest BCUT2D eigenvalue weighted by atomic mass is 16.2. The van der Waals surface area contributed by atoms with Gasteiger partial charge in [-0.25, -0.2) is 4.79 Å². The Morgan fingerprint density at radius 2 is 1.83 bits per heavy atom. The van der Waals surface area contributed by atoms with Crippen molar-refractivity contribution < 1.29 is 14.4 Å². The van der Waals surface area contributed by atoms with E-state index in [0.717, 1.165) is 11.1 Å². The number of hydrogen-bond acceptors (Lipinski definition) is 4. The first kappa shape index (κ1) is 19.6. The van der Waals surface area contributed by atoms with Crippen LogP contribution in [0.4, 0.5) is 4.79 Å². The minimum Gasteiger partial charge on any atom is -0.336 e. The average molecular weight is 402 g/mol. The molecule has 0 aliphatic carbocycles. The molecule has 2 aromatic rings. The van der Waals surface area contributed by atoms with Crippen molar-refractivity contribution in [2.45, 2.75) is 31.8 Å². The van der Waals surface area contributed by atoms with Gasteiger partial charge in [0.05, 0.1) is 24.7 Å². The fraction of sp³-hybridized carbons (Fsp3) is 0.304. The number of nitrogens with one attached hydrogen (secondary N) is 1. The predicted octanol–water partition coefficient (Wildman–Crippen LogP) is 2.59. The molecule has 4 rings (SSSR count). The van der Waals surface area contributed by atoms with Gasteiger partial charge in [-0.3, -0.25) is 14.5 Å². The van der Waals surface area contributed by atoms with Gasteiger partial charge in [-0.1, -0.05) is 29.8 Å². The highest BCUT2D eigenvalue weighted by Crippen LogP contribution is 2.30. The molecule has 7 heteroatoms. The second kappa shape index (κ2) is 7.64. The van der Waals surface area contributed by atoms with Crippen LogP contribution in [0.5, 0.6) is 0 Å². The van der Waals surface area contributed by atoms with Crippen LogP contribution in [0, 0.1) is 18.3 Å². The molecule has 0 bridgehead atoms. The van der Waals surface area contributed by atoms with Crippen LogP contribution in [0.3, 0.4) is 0 Å². The van der Waals surface area contributed by atoms with Gasteiger partial charge < -0.3 is 10.2 Å². The van der Waals surface area contributed by atoms with Crippen LogP contribution in [0.15, 0.2) is 48.5 Å². The summed E-state index contributed by atoms with van der Waals surface area (Å²) in [6.07, 6.45) is 1.12. The molecule has 0 aromatic heterocycles. The number of carbonyl (C=O) groups excluding carboxylic acids is 3. The summed E-state index contributed by atoms with van der Waals surface area (Å²) in [7, 11) is 0. The number of carbonyl (C=O) groups is 3. The maximum atomic E-state index is 13.2. The van der Waals surface area contributed by atoms with Gasteiger partial charge in [0.15, 0.2) is 0 Å². The van der Waals surface area contributed by atoms with Crippen molar-refractivity contribution >= 4 is 17.8 Å². The standard InChI is InChI=1S/C23H22N4O3/c1-16-3-5-18(6-4-16)14-27-21(29)23(25-22(27)30)11-2-12-26(15-23)20(28)19-9-7-17(13-24)8-10-19/h3-10H,2,11-12,14-15H2,1H3,(H,25,30)/t23-/m1/s1. The maximum absolute atomic E-state index is 13.2. The molecular weight excluding hydrogens is 380 g/mol. The molecule has 0 saturated carbocycles. The first-order chi connectivity index (χ1) is 14.4. The topological polar surface area (TPSA) is 93.5 Å². The summed E-state index contributed by atoms with van der Waals surface area (Å²) in [6.45, 7) is 2.84. The third kappa shape index (κ3) is 3.52. The summed E-state index contributed by atoms with van der Waals surface area (Å²) in [5.74, 6) is -0.497. The van der Waals surface area contributed by atoms with Crippen LogP contribution in [0.2, 0.25) is 0 Å². The van der Waals surface area contributed by atoms with Crippen LogP contribution in [-0.4, -0.2) is 46.3 Å². The monoisotopic (exact) mass is 402 g/mol. The largest absolute Gasteiger partial charge is 0.336 e. The molecule has 0 radical (unpaired) electrons. The molecule has 2 heterocycles. The third-order valence-corrected chi connectivity index (χ3v) is 5.75. The van der Waals surface area contributed by atoms with E-state index in [1.165, 1.54) is 4.90 Å². The van der Waals surface area contributed by atoms with E-state index in [0.29, 0.717) is 30.5 Å². The lowest BCUT2D eigenvalue weighted by Gasteiger charge is -2.38. The minimum atomic E-state index is -1.08. The fourth-order valence-electron chi connectivity index (χ4n) is 4.07. The number of amides is 4. The highest BCUT2D eigenvalue weighted by Gasteiger charge is 2.53. The molecule has 2 fully saturated rings. The molecule has 152 valence electrons. The van der Waals surface area contributed by atoms with E-state index < -0.39 is 11.6 Å². The van der Waals surface area contributed by atoms with Crippen LogP contribution in [-0.2, 0) is 11.3 Å². The van der Waals surface area contributed by atoms with Crippen LogP contribution >= 0.6 is 0 Å². The van der Waals surface area contributed by atoms with Gasteiger partial charge in [0, 0.05) is 12.1 Å². The Bertz CT molecular complexity index is 1040. The summed E-state index contributed by atoms with van der Waals surface area (Å²) in [6, 6.07) is 15.7. The second-order valence-electron chi connectivity index (χ2n) is 7.91. The van der Waals surface area contributed by atoms with Crippen molar-refractivity contribution in [2.24, 2.45) is 0 Å². The lowest BCUT2D eigenvalue weighted by molar-refractivity contribution is -0.133. The molecule has 1 atom stereocenters. The lowest BCUT2D eigenvalue weighted by Crippen LogP contribution is -2.59. The number of rotatable bonds is 3. The molecule has 30 heavy (non-hydrogen) atoms. The number of likely N-dealkylation sites (tertiary alicyclic amines) is 1. The van der Waals surface area contributed by atoms with E-state index in [2.05, 4.69) is 5.32 Å². The molecular formula is C23H22N4O3. The van der Waals surface area contributed by atoms with E-state index >= 15 is 0 Å². The second-order valence-corrected chi connectivity index (χ2v) is 7.91. The van der Waals surface area contributed by atoms with Crippen molar-refractivity contribution in [1.82, 2.24) is 15.1 Å². The summed E-state index contributed by atoms with van der Waals surface area (Å²) < 4.78 is 0. The van der Waals surface area contributed by atoms with Crippen LogP contribution in [0.1, 0.15) is 39.9 Å². The molecule has 1 N–H and O–H groups in total. The number of hydrogen-bond donors (Lipinski definition) is 1. The summed E-state index contributed by atoms with van der Waals surface area (Å²) in [4.78, 5) is 41.6. The summed E-state index contributed by atoms with van der Waals surface area (Å²) >= 11 is 0. The number of nitriles is 1. The van der Waals surface area contributed by atoms with Gasteiger partial charge in [-0.15, -0.1) is 0 Å². The number of piperidine rings is 1. The molecule has 2 saturated heterocycles. The molecule has 2 aliphatic rings. The zero-order chi connectivity index (χ0) is 21.3. The Morgan fingerprint density at radius 3 is 2.50 bits per heavy atom. The normalized spacial score (nSPS) is 20.9. The predicted molar refractivity (Wildman–Crippen MR) is 109 cm³/mol. The first-order valence-electron chi connectivity index (χ1n) is 9.91. The Morgan fingerprint density at radius 1 is 1.13 bits per heavy atom.